The summed E-state index contributed by atoms with van der Waals surface area (Å²) in [6.07, 6.45) is 0.759. The van der Waals surface area contributed by atoms with E-state index in [1.807, 2.05) is 38.1 Å². The maximum atomic E-state index is 12.2. The van der Waals surface area contributed by atoms with Gasteiger partial charge in [-0.15, -0.1) is 0 Å². The van der Waals surface area contributed by atoms with Gasteiger partial charge in [0.1, 0.15) is 0 Å². The van der Waals surface area contributed by atoms with Gasteiger partial charge in [0.05, 0.1) is 12.0 Å². The molecule has 0 aliphatic carbocycles. The Morgan fingerprint density at radius 3 is 2.56 bits per heavy atom. The molecule has 0 bridgehead atoms. The summed E-state index contributed by atoms with van der Waals surface area (Å²) in [5, 5.41) is 0.686. The van der Waals surface area contributed by atoms with Crippen LogP contribution in [0.15, 0.2) is 24.3 Å². The van der Waals surface area contributed by atoms with E-state index < -0.39 is 0 Å². The fourth-order valence-corrected chi connectivity index (χ4v) is 2.24. The lowest BCUT2D eigenvalue weighted by molar-refractivity contribution is -0.135. The molecule has 0 aliphatic rings. The van der Waals surface area contributed by atoms with Crippen LogP contribution in [0.1, 0.15) is 31.9 Å². The number of rotatable bonds is 5. The lowest BCUT2D eigenvalue weighted by Crippen LogP contribution is -2.37. The van der Waals surface area contributed by atoms with Gasteiger partial charge in [-0.05, 0) is 25.0 Å². The van der Waals surface area contributed by atoms with Crippen LogP contribution in [-0.4, -0.2) is 24.4 Å². The van der Waals surface area contributed by atoms with E-state index in [2.05, 4.69) is 0 Å². The van der Waals surface area contributed by atoms with Gasteiger partial charge in [0.2, 0.25) is 5.91 Å². The van der Waals surface area contributed by atoms with Crippen molar-refractivity contribution in [2.75, 3.05) is 13.6 Å². The molecule has 1 rings (SSSR count). The Kier molecular flexibility index (Phi) is 5.63. The molecule has 1 aromatic rings. The van der Waals surface area contributed by atoms with E-state index in [4.69, 9.17) is 17.3 Å². The van der Waals surface area contributed by atoms with Crippen molar-refractivity contribution in [3.05, 3.63) is 34.9 Å². The molecule has 18 heavy (non-hydrogen) atoms. The van der Waals surface area contributed by atoms with Crippen molar-refractivity contribution in [2.24, 2.45) is 11.7 Å². The van der Waals surface area contributed by atoms with Gasteiger partial charge >= 0.3 is 0 Å². The summed E-state index contributed by atoms with van der Waals surface area (Å²) in [5.74, 6) is -0.0349. The third-order valence-corrected chi connectivity index (χ3v) is 3.75. The van der Waals surface area contributed by atoms with E-state index in [1.165, 1.54) is 0 Å². The van der Waals surface area contributed by atoms with Crippen LogP contribution in [0.4, 0.5) is 0 Å². The van der Waals surface area contributed by atoms with Crippen molar-refractivity contribution in [1.82, 2.24) is 4.90 Å². The number of amides is 1. The second-order valence-corrected chi connectivity index (χ2v) is 4.89. The first kappa shape index (κ1) is 15.0. The van der Waals surface area contributed by atoms with E-state index in [-0.39, 0.29) is 17.9 Å². The average Bonchev–Trinajstić information content (AvgIpc) is 2.39. The Morgan fingerprint density at radius 1 is 1.44 bits per heavy atom. The number of halogens is 1. The SMILES string of the molecule is CCC(CN)C(=O)N(C)C(C)c1ccccc1Cl. The van der Waals surface area contributed by atoms with Crippen molar-refractivity contribution in [1.29, 1.82) is 0 Å². The summed E-state index contributed by atoms with van der Waals surface area (Å²) in [4.78, 5) is 14.0. The van der Waals surface area contributed by atoms with Gasteiger partial charge in [0.15, 0.2) is 0 Å². The molecule has 2 N–H and O–H groups in total. The second kappa shape index (κ2) is 6.76. The van der Waals surface area contributed by atoms with Crippen molar-refractivity contribution >= 4 is 17.5 Å². The Hall–Kier alpha value is -1.06. The maximum Gasteiger partial charge on any atom is 0.227 e. The Bertz CT molecular complexity index is 405. The monoisotopic (exact) mass is 268 g/mol. The molecule has 2 atom stereocenters. The van der Waals surface area contributed by atoms with Crippen LogP contribution >= 0.6 is 11.6 Å². The van der Waals surface area contributed by atoms with E-state index in [9.17, 15) is 4.79 Å². The smallest absolute Gasteiger partial charge is 0.227 e. The first-order valence-corrected chi connectivity index (χ1v) is 6.61. The Labute approximate surface area is 114 Å². The molecule has 0 fully saturated rings. The van der Waals surface area contributed by atoms with E-state index >= 15 is 0 Å². The highest BCUT2D eigenvalue weighted by Gasteiger charge is 2.24. The second-order valence-electron chi connectivity index (χ2n) is 4.49. The molecule has 0 aliphatic heterocycles. The normalized spacial score (nSPS) is 14.1. The number of hydrogen-bond donors (Lipinski definition) is 1. The number of nitrogens with two attached hydrogens (primary N) is 1. The number of hydrogen-bond acceptors (Lipinski definition) is 2. The molecule has 0 spiro atoms. The van der Waals surface area contributed by atoms with Crippen molar-refractivity contribution < 1.29 is 4.79 Å². The summed E-state index contributed by atoms with van der Waals surface area (Å²) in [5.41, 5.74) is 6.58. The fraction of sp³-hybridized carbons (Fsp3) is 0.500. The fourth-order valence-electron chi connectivity index (χ4n) is 1.94. The van der Waals surface area contributed by atoms with Crippen LogP contribution < -0.4 is 5.73 Å². The molecule has 4 heteroatoms. The van der Waals surface area contributed by atoms with Gasteiger partial charge in [-0.2, -0.15) is 0 Å². The summed E-state index contributed by atoms with van der Waals surface area (Å²) < 4.78 is 0. The van der Waals surface area contributed by atoms with Gasteiger partial charge in [-0.25, -0.2) is 0 Å². The zero-order chi connectivity index (χ0) is 13.7. The predicted octanol–water partition coefficient (Wildman–Crippen LogP) is 2.84. The lowest BCUT2D eigenvalue weighted by atomic mass is 10.0. The average molecular weight is 269 g/mol. The maximum absolute atomic E-state index is 12.2. The topological polar surface area (TPSA) is 46.3 Å². The molecule has 1 aromatic carbocycles. The standard InChI is InChI=1S/C14H21ClN2O/c1-4-11(9-16)14(18)17(3)10(2)12-7-5-6-8-13(12)15/h5-8,10-11H,4,9,16H2,1-3H3. The van der Waals surface area contributed by atoms with Crippen LogP contribution in [-0.2, 0) is 4.79 Å². The highest BCUT2D eigenvalue weighted by Crippen LogP contribution is 2.27. The number of nitrogens with zero attached hydrogens (tertiary/aromatic N) is 1. The zero-order valence-electron chi connectivity index (χ0n) is 11.2. The summed E-state index contributed by atoms with van der Waals surface area (Å²) in [6.45, 7) is 4.33. The minimum absolute atomic E-state index is 0.0493. The first-order valence-electron chi connectivity index (χ1n) is 6.24. The van der Waals surface area contributed by atoms with Crippen LogP contribution in [0, 0.1) is 5.92 Å². The number of carbonyl (C=O) groups is 1. The molecule has 2 unspecified atom stereocenters. The molecular weight excluding hydrogens is 248 g/mol. The summed E-state index contributed by atoms with van der Waals surface area (Å²) in [6, 6.07) is 7.55. The third kappa shape index (κ3) is 3.24. The highest BCUT2D eigenvalue weighted by atomic mass is 35.5. The third-order valence-electron chi connectivity index (χ3n) is 3.41. The van der Waals surface area contributed by atoms with Crippen LogP contribution in [0.5, 0.6) is 0 Å². The van der Waals surface area contributed by atoms with E-state index in [0.29, 0.717) is 11.6 Å². The number of carbonyl (C=O) groups excluding carboxylic acids is 1. The van der Waals surface area contributed by atoms with Crippen LogP contribution in [0.2, 0.25) is 5.02 Å². The van der Waals surface area contributed by atoms with Crippen molar-refractivity contribution in [3.63, 3.8) is 0 Å². The van der Waals surface area contributed by atoms with E-state index in [1.54, 1.807) is 11.9 Å². The largest absolute Gasteiger partial charge is 0.339 e. The summed E-state index contributed by atoms with van der Waals surface area (Å²) >= 11 is 6.15. The lowest BCUT2D eigenvalue weighted by Gasteiger charge is -2.29. The Morgan fingerprint density at radius 2 is 2.06 bits per heavy atom. The Balaban J connectivity index is 2.87. The van der Waals surface area contributed by atoms with Crippen LogP contribution in [0.3, 0.4) is 0 Å². The van der Waals surface area contributed by atoms with Gasteiger partial charge in [-0.1, -0.05) is 36.7 Å². The summed E-state index contributed by atoms with van der Waals surface area (Å²) in [7, 11) is 1.80. The molecule has 0 aromatic heterocycles. The molecule has 100 valence electrons. The molecular formula is C14H21ClN2O. The predicted molar refractivity (Wildman–Crippen MR) is 75.5 cm³/mol. The van der Waals surface area contributed by atoms with Gasteiger partial charge in [-0.3, -0.25) is 4.79 Å². The quantitative estimate of drug-likeness (QED) is 0.893. The van der Waals surface area contributed by atoms with Gasteiger partial charge in [0, 0.05) is 18.6 Å². The molecule has 0 radical (unpaired) electrons. The molecule has 0 heterocycles. The minimum atomic E-state index is -0.111. The minimum Gasteiger partial charge on any atom is -0.339 e. The van der Waals surface area contributed by atoms with E-state index in [0.717, 1.165) is 12.0 Å². The number of benzene rings is 1. The molecule has 0 saturated heterocycles. The molecule has 3 nitrogen and oxygen atoms in total. The zero-order valence-corrected chi connectivity index (χ0v) is 11.9. The van der Waals surface area contributed by atoms with Crippen LogP contribution in [0.25, 0.3) is 0 Å². The molecule has 1 amide bonds. The van der Waals surface area contributed by atoms with Crippen molar-refractivity contribution in [3.8, 4) is 0 Å². The van der Waals surface area contributed by atoms with Gasteiger partial charge in [0.25, 0.3) is 0 Å². The van der Waals surface area contributed by atoms with Gasteiger partial charge < -0.3 is 10.6 Å². The van der Waals surface area contributed by atoms with Crippen molar-refractivity contribution in [2.45, 2.75) is 26.3 Å². The first-order chi connectivity index (χ1) is 8.52. The highest BCUT2D eigenvalue weighted by molar-refractivity contribution is 6.31. The molecule has 0 saturated carbocycles.